The molecule has 4 atom stereocenters. The third-order valence-corrected chi connectivity index (χ3v) is 5.16. The molecule has 3 heterocycles. The molecule has 1 aromatic heterocycles. The van der Waals surface area contributed by atoms with Gasteiger partial charge in [-0.1, -0.05) is 32.9 Å². The molecule has 3 rings (SSSR count). The highest BCUT2D eigenvalue weighted by Gasteiger charge is 2.40. The molecule has 0 saturated carbocycles. The van der Waals surface area contributed by atoms with Crippen molar-refractivity contribution in [1.29, 1.82) is 0 Å². The summed E-state index contributed by atoms with van der Waals surface area (Å²) in [6.45, 7) is 10.5. The van der Waals surface area contributed by atoms with E-state index in [9.17, 15) is 0 Å². The lowest BCUT2D eigenvalue weighted by Crippen LogP contribution is -2.30. The summed E-state index contributed by atoms with van der Waals surface area (Å²) in [6.07, 6.45) is 5.69. The van der Waals surface area contributed by atoms with Crippen LogP contribution in [0.1, 0.15) is 71.0 Å². The van der Waals surface area contributed by atoms with E-state index in [1.807, 2.05) is 0 Å². The largest absolute Gasteiger partial charge is 0.378 e. The fraction of sp³-hybridized carbons (Fsp3) is 0.889. The van der Waals surface area contributed by atoms with Crippen molar-refractivity contribution in [3.63, 3.8) is 0 Å². The Morgan fingerprint density at radius 1 is 1.13 bits per heavy atom. The molecule has 0 N–H and O–H groups in total. The smallest absolute Gasteiger partial charge is 0.226 e. The lowest BCUT2D eigenvalue weighted by molar-refractivity contribution is -0.0115. The first-order valence-electron chi connectivity index (χ1n) is 9.03. The molecule has 0 bridgehead atoms. The quantitative estimate of drug-likeness (QED) is 0.845. The minimum atomic E-state index is 0.0943. The van der Waals surface area contributed by atoms with Crippen LogP contribution < -0.4 is 0 Å². The van der Waals surface area contributed by atoms with Gasteiger partial charge in [-0.2, -0.15) is 4.98 Å². The van der Waals surface area contributed by atoms with Crippen LogP contribution in [0, 0.1) is 11.3 Å². The summed E-state index contributed by atoms with van der Waals surface area (Å²) >= 11 is 0. The molecule has 2 aliphatic heterocycles. The number of hydrogen-bond donors (Lipinski definition) is 0. The van der Waals surface area contributed by atoms with E-state index in [0.717, 1.165) is 57.0 Å². The SMILES string of the molecule is CC[C@@H]1C[C@@H](Cc2nc([C@H]3CCO[C@@H]3C(C)(C)C)no2)CCO1. The second kappa shape index (κ2) is 6.89. The van der Waals surface area contributed by atoms with Crippen LogP contribution in [0.2, 0.25) is 0 Å². The predicted octanol–water partition coefficient (Wildman–Crippen LogP) is 3.74. The van der Waals surface area contributed by atoms with Gasteiger partial charge in [-0.25, -0.2) is 0 Å². The van der Waals surface area contributed by atoms with Crippen LogP contribution >= 0.6 is 0 Å². The molecule has 23 heavy (non-hydrogen) atoms. The van der Waals surface area contributed by atoms with Gasteiger partial charge in [0.05, 0.1) is 18.1 Å². The molecule has 5 nitrogen and oxygen atoms in total. The summed E-state index contributed by atoms with van der Waals surface area (Å²) < 4.78 is 17.2. The zero-order valence-corrected chi connectivity index (χ0v) is 14.9. The Kier molecular flexibility index (Phi) is 5.07. The normalized spacial score (nSPS) is 32.3. The Labute approximate surface area is 139 Å². The third kappa shape index (κ3) is 3.94. The van der Waals surface area contributed by atoms with Crippen LogP contribution in [0.25, 0.3) is 0 Å². The summed E-state index contributed by atoms with van der Waals surface area (Å²) in [5.74, 6) is 2.46. The highest BCUT2D eigenvalue weighted by atomic mass is 16.5. The first-order valence-corrected chi connectivity index (χ1v) is 9.03. The molecule has 0 spiro atoms. The molecule has 0 aliphatic carbocycles. The van der Waals surface area contributed by atoms with Crippen molar-refractivity contribution in [1.82, 2.24) is 10.1 Å². The Bertz CT molecular complexity index is 509. The fourth-order valence-electron chi connectivity index (χ4n) is 3.89. The van der Waals surface area contributed by atoms with Crippen LogP contribution in [-0.2, 0) is 15.9 Å². The third-order valence-electron chi connectivity index (χ3n) is 5.16. The molecule has 130 valence electrons. The average Bonchev–Trinajstić information content (AvgIpc) is 3.15. The van der Waals surface area contributed by atoms with Gasteiger partial charge in [-0.05, 0) is 37.0 Å². The van der Waals surface area contributed by atoms with E-state index in [4.69, 9.17) is 19.0 Å². The Morgan fingerprint density at radius 3 is 2.65 bits per heavy atom. The first kappa shape index (κ1) is 16.9. The zero-order valence-electron chi connectivity index (χ0n) is 14.9. The van der Waals surface area contributed by atoms with Gasteiger partial charge in [0.25, 0.3) is 0 Å². The lowest BCUT2D eigenvalue weighted by atomic mass is 9.81. The number of nitrogens with zero attached hydrogens (tertiary/aromatic N) is 2. The van der Waals surface area contributed by atoms with Crippen molar-refractivity contribution >= 4 is 0 Å². The molecular weight excluding hydrogens is 292 g/mol. The van der Waals surface area contributed by atoms with Crippen molar-refractivity contribution in [3.8, 4) is 0 Å². The van der Waals surface area contributed by atoms with Crippen molar-refractivity contribution in [2.75, 3.05) is 13.2 Å². The Hall–Kier alpha value is -0.940. The van der Waals surface area contributed by atoms with Gasteiger partial charge in [0, 0.05) is 19.6 Å². The second-order valence-corrected chi connectivity index (χ2v) is 8.09. The highest BCUT2D eigenvalue weighted by molar-refractivity contribution is 5.05. The summed E-state index contributed by atoms with van der Waals surface area (Å²) in [5, 5.41) is 4.27. The molecule has 2 aliphatic rings. The van der Waals surface area contributed by atoms with Gasteiger partial charge >= 0.3 is 0 Å². The molecule has 2 saturated heterocycles. The zero-order chi connectivity index (χ0) is 16.4. The van der Waals surface area contributed by atoms with Gasteiger partial charge in [-0.3, -0.25) is 0 Å². The number of hydrogen-bond acceptors (Lipinski definition) is 5. The highest BCUT2D eigenvalue weighted by Crippen LogP contribution is 2.39. The molecule has 0 radical (unpaired) electrons. The number of aromatic nitrogens is 2. The molecular formula is C18H30N2O3. The monoisotopic (exact) mass is 322 g/mol. The second-order valence-electron chi connectivity index (χ2n) is 8.09. The molecule has 2 fully saturated rings. The van der Waals surface area contributed by atoms with E-state index >= 15 is 0 Å². The Morgan fingerprint density at radius 2 is 1.91 bits per heavy atom. The van der Waals surface area contributed by atoms with E-state index in [-0.39, 0.29) is 17.4 Å². The number of rotatable bonds is 4. The first-order chi connectivity index (χ1) is 11.0. The lowest BCUT2D eigenvalue weighted by Gasteiger charge is -2.29. The van der Waals surface area contributed by atoms with E-state index in [2.05, 4.69) is 32.9 Å². The van der Waals surface area contributed by atoms with E-state index in [1.165, 1.54) is 0 Å². The van der Waals surface area contributed by atoms with E-state index < -0.39 is 0 Å². The maximum Gasteiger partial charge on any atom is 0.226 e. The summed E-state index contributed by atoms with van der Waals surface area (Å²) in [5.41, 5.74) is 0.0943. The summed E-state index contributed by atoms with van der Waals surface area (Å²) in [4.78, 5) is 4.70. The van der Waals surface area contributed by atoms with Crippen LogP contribution in [0.3, 0.4) is 0 Å². The minimum Gasteiger partial charge on any atom is -0.378 e. The van der Waals surface area contributed by atoms with E-state index in [0.29, 0.717) is 12.0 Å². The van der Waals surface area contributed by atoms with Crippen LogP contribution in [0.15, 0.2) is 4.52 Å². The molecule has 0 unspecified atom stereocenters. The van der Waals surface area contributed by atoms with Crippen molar-refractivity contribution in [2.45, 2.75) is 77.9 Å². The van der Waals surface area contributed by atoms with Gasteiger partial charge in [0.2, 0.25) is 5.89 Å². The summed E-state index contributed by atoms with van der Waals surface area (Å²) in [6, 6.07) is 0. The molecule has 0 amide bonds. The van der Waals surface area contributed by atoms with Gasteiger partial charge < -0.3 is 14.0 Å². The molecule has 0 aromatic carbocycles. The fourth-order valence-corrected chi connectivity index (χ4v) is 3.89. The topological polar surface area (TPSA) is 57.4 Å². The number of ether oxygens (including phenoxy) is 2. The maximum absolute atomic E-state index is 5.93. The minimum absolute atomic E-state index is 0.0943. The van der Waals surface area contributed by atoms with Crippen molar-refractivity contribution in [3.05, 3.63) is 11.7 Å². The van der Waals surface area contributed by atoms with Gasteiger partial charge in [0.1, 0.15) is 0 Å². The average molecular weight is 322 g/mol. The van der Waals surface area contributed by atoms with Crippen LogP contribution in [-0.4, -0.2) is 35.6 Å². The van der Waals surface area contributed by atoms with Gasteiger partial charge in [0.15, 0.2) is 5.82 Å². The van der Waals surface area contributed by atoms with Crippen LogP contribution in [0.4, 0.5) is 0 Å². The predicted molar refractivity (Wildman–Crippen MR) is 87.3 cm³/mol. The van der Waals surface area contributed by atoms with Crippen molar-refractivity contribution < 1.29 is 14.0 Å². The van der Waals surface area contributed by atoms with Crippen molar-refractivity contribution in [2.24, 2.45) is 11.3 Å². The molecule has 1 aromatic rings. The van der Waals surface area contributed by atoms with Gasteiger partial charge in [-0.15, -0.1) is 0 Å². The maximum atomic E-state index is 5.93. The van der Waals surface area contributed by atoms with Crippen LogP contribution in [0.5, 0.6) is 0 Å². The van der Waals surface area contributed by atoms with E-state index in [1.54, 1.807) is 0 Å². The Balaban J connectivity index is 1.64. The summed E-state index contributed by atoms with van der Waals surface area (Å²) in [7, 11) is 0. The standard InChI is InChI=1S/C18H30N2O3/c1-5-13-10-12(6-8-21-13)11-15-19-17(20-23-15)14-7-9-22-16(14)18(2,3)4/h12-14,16H,5-11H2,1-4H3/t12-,13+,14-,16-/m0/s1. The molecule has 5 heteroatoms.